The first kappa shape index (κ1) is 14.4. The van der Waals surface area contributed by atoms with Crippen LogP contribution in [-0.4, -0.2) is 72.1 Å². The largest absolute Gasteiger partial charge is 0.356 e. The van der Waals surface area contributed by atoms with Gasteiger partial charge in [-0.2, -0.15) is 0 Å². The van der Waals surface area contributed by atoms with Crippen molar-refractivity contribution in [3.63, 3.8) is 0 Å². The minimum Gasteiger partial charge on any atom is -0.356 e. The summed E-state index contributed by atoms with van der Waals surface area (Å²) in [6.45, 7) is 12.1. The van der Waals surface area contributed by atoms with E-state index in [0.717, 1.165) is 23.3 Å². The zero-order valence-electron chi connectivity index (χ0n) is 13.6. The SMILES string of the molecule is Cc1cc(N2CC3CN(CCN4CCCC4)CC3C2)ncn1. The minimum atomic E-state index is 0.828. The van der Waals surface area contributed by atoms with E-state index >= 15 is 0 Å². The van der Waals surface area contributed by atoms with Gasteiger partial charge in [-0.3, -0.25) is 0 Å². The molecule has 1 aromatic heterocycles. The van der Waals surface area contributed by atoms with Gasteiger partial charge in [-0.05, 0) is 44.7 Å². The molecule has 5 heteroatoms. The Balaban J connectivity index is 1.29. The number of hydrogen-bond acceptors (Lipinski definition) is 5. The van der Waals surface area contributed by atoms with Crippen LogP contribution < -0.4 is 4.90 Å². The average molecular weight is 301 g/mol. The lowest BCUT2D eigenvalue weighted by Crippen LogP contribution is -2.35. The first-order valence-corrected chi connectivity index (χ1v) is 8.76. The molecule has 2 atom stereocenters. The Morgan fingerprint density at radius 1 is 0.955 bits per heavy atom. The fourth-order valence-corrected chi connectivity index (χ4v) is 4.36. The number of aromatic nitrogens is 2. The van der Waals surface area contributed by atoms with Crippen LogP contribution in [0.15, 0.2) is 12.4 Å². The molecule has 3 fully saturated rings. The van der Waals surface area contributed by atoms with Crippen LogP contribution in [0.25, 0.3) is 0 Å². The normalized spacial score (nSPS) is 29.4. The lowest BCUT2D eigenvalue weighted by atomic mass is 10.0. The first-order valence-electron chi connectivity index (χ1n) is 8.76. The second-order valence-corrected chi connectivity index (χ2v) is 7.25. The Bertz CT molecular complexity index is 500. The van der Waals surface area contributed by atoms with Gasteiger partial charge >= 0.3 is 0 Å². The standard InChI is InChI=1S/C17H27N5/c1-14-8-17(19-13-18-14)22-11-15-9-21(10-16(15)12-22)7-6-20-4-2-3-5-20/h8,13,15-16H,2-7,9-12H2,1H3. The molecule has 4 rings (SSSR count). The van der Waals surface area contributed by atoms with Crippen LogP contribution in [-0.2, 0) is 0 Å². The third-order valence-corrected chi connectivity index (χ3v) is 5.61. The van der Waals surface area contributed by atoms with Crippen molar-refractivity contribution in [2.75, 3.05) is 57.3 Å². The van der Waals surface area contributed by atoms with Crippen LogP contribution in [0.1, 0.15) is 18.5 Å². The minimum absolute atomic E-state index is 0.828. The summed E-state index contributed by atoms with van der Waals surface area (Å²) < 4.78 is 0. The van der Waals surface area contributed by atoms with Gasteiger partial charge in [0.1, 0.15) is 12.1 Å². The fourth-order valence-electron chi connectivity index (χ4n) is 4.36. The van der Waals surface area contributed by atoms with Crippen LogP contribution in [0.4, 0.5) is 5.82 Å². The summed E-state index contributed by atoms with van der Waals surface area (Å²) in [5.74, 6) is 2.77. The molecule has 3 aliphatic heterocycles. The van der Waals surface area contributed by atoms with Crippen molar-refractivity contribution in [2.45, 2.75) is 19.8 Å². The molecule has 3 aliphatic rings. The molecule has 3 saturated heterocycles. The quantitative estimate of drug-likeness (QED) is 0.836. The second-order valence-electron chi connectivity index (χ2n) is 7.25. The van der Waals surface area contributed by atoms with Gasteiger partial charge in [0.15, 0.2) is 0 Å². The van der Waals surface area contributed by atoms with Gasteiger partial charge in [0.25, 0.3) is 0 Å². The Labute approximate surface area is 133 Å². The molecule has 1 aromatic rings. The highest BCUT2D eigenvalue weighted by Crippen LogP contribution is 2.33. The topological polar surface area (TPSA) is 35.5 Å². The van der Waals surface area contributed by atoms with E-state index in [0.29, 0.717) is 0 Å². The second kappa shape index (κ2) is 6.13. The molecule has 0 bridgehead atoms. The zero-order chi connectivity index (χ0) is 14.9. The van der Waals surface area contributed by atoms with E-state index in [4.69, 9.17) is 0 Å². The van der Waals surface area contributed by atoms with Crippen molar-refractivity contribution in [1.82, 2.24) is 19.8 Å². The molecule has 0 amide bonds. The van der Waals surface area contributed by atoms with Crippen molar-refractivity contribution >= 4 is 5.82 Å². The maximum absolute atomic E-state index is 4.45. The van der Waals surface area contributed by atoms with Crippen molar-refractivity contribution in [1.29, 1.82) is 0 Å². The van der Waals surface area contributed by atoms with E-state index < -0.39 is 0 Å². The molecule has 5 nitrogen and oxygen atoms in total. The van der Waals surface area contributed by atoms with Crippen LogP contribution in [0.5, 0.6) is 0 Å². The number of hydrogen-bond donors (Lipinski definition) is 0. The van der Waals surface area contributed by atoms with Gasteiger partial charge in [-0.15, -0.1) is 0 Å². The maximum Gasteiger partial charge on any atom is 0.132 e. The summed E-state index contributed by atoms with van der Waals surface area (Å²) in [6, 6.07) is 2.12. The van der Waals surface area contributed by atoms with Gasteiger partial charge < -0.3 is 14.7 Å². The molecule has 0 aromatic carbocycles. The lowest BCUT2D eigenvalue weighted by molar-refractivity contribution is 0.248. The van der Waals surface area contributed by atoms with Gasteiger partial charge in [0.05, 0.1) is 0 Å². The van der Waals surface area contributed by atoms with Crippen LogP contribution in [0.3, 0.4) is 0 Å². The fraction of sp³-hybridized carbons (Fsp3) is 0.765. The number of anilines is 1. The molecular weight excluding hydrogens is 274 g/mol. The molecule has 0 spiro atoms. The summed E-state index contributed by atoms with van der Waals surface area (Å²) in [6.07, 6.45) is 4.50. The van der Waals surface area contributed by atoms with Crippen molar-refractivity contribution in [2.24, 2.45) is 11.8 Å². The Morgan fingerprint density at radius 2 is 1.64 bits per heavy atom. The highest BCUT2D eigenvalue weighted by molar-refractivity contribution is 5.40. The van der Waals surface area contributed by atoms with Crippen molar-refractivity contribution in [3.8, 4) is 0 Å². The Hall–Kier alpha value is -1.20. The molecule has 0 N–H and O–H groups in total. The third-order valence-electron chi connectivity index (χ3n) is 5.61. The smallest absolute Gasteiger partial charge is 0.132 e. The Kier molecular flexibility index (Phi) is 4.01. The predicted octanol–water partition coefficient (Wildman–Crippen LogP) is 1.25. The third kappa shape index (κ3) is 2.97. The molecule has 0 saturated carbocycles. The number of likely N-dealkylation sites (tertiary alicyclic amines) is 2. The summed E-state index contributed by atoms with van der Waals surface area (Å²) in [4.78, 5) is 16.4. The van der Waals surface area contributed by atoms with Crippen molar-refractivity contribution in [3.05, 3.63) is 18.1 Å². The van der Waals surface area contributed by atoms with E-state index in [-0.39, 0.29) is 0 Å². The summed E-state index contributed by atoms with van der Waals surface area (Å²) in [5.41, 5.74) is 1.06. The first-order chi connectivity index (χ1) is 10.8. The zero-order valence-corrected chi connectivity index (χ0v) is 13.6. The molecule has 120 valence electrons. The number of rotatable bonds is 4. The van der Waals surface area contributed by atoms with Gasteiger partial charge in [-0.1, -0.05) is 0 Å². The van der Waals surface area contributed by atoms with E-state index in [1.165, 1.54) is 65.2 Å². The lowest BCUT2D eigenvalue weighted by Gasteiger charge is -2.24. The molecular formula is C17H27N5. The highest BCUT2D eigenvalue weighted by atomic mass is 15.3. The van der Waals surface area contributed by atoms with Crippen LogP contribution >= 0.6 is 0 Å². The number of fused-ring (bicyclic) bond motifs is 1. The molecule has 4 heterocycles. The average Bonchev–Trinajstić information content (AvgIpc) is 3.21. The van der Waals surface area contributed by atoms with E-state index in [1.807, 2.05) is 6.92 Å². The monoisotopic (exact) mass is 301 g/mol. The predicted molar refractivity (Wildman–Crippen MR) is 88.1 cm³/mol. The van der Waals surface area contributed by atoms with E-state index in [9.17, 15) is 0 Å². The van der Waals surface area contributed by atoms with Crippen LogP contribution in [0.2, 0.25) is 0 Å². The molecule has 2 unspecified atom stereocenters. The maximum atomic E-state index is 4.45. The molecule has 22 heavy (non-hydrogen) atoms. The highest BCUT2D eigenvalue weighted by Gasteiger charge is 2.40. The number of nitrogens with zero attached hydrogens (tertiary/aromatic N) is 5. The molecule has 0 radical (unpaired) electrons. The van der Waals surface area contributed by atoms with Gasteiger partial charge in [-0.25, -0.2) is 9.97 Å². The summed E-state index contributed by atoms with van der Waals surface area (Å²) in [5, 5.41) is 0. The van der Waals surface area contributed by atoms with Crippen molar-refractivity contribution < 1.29 is 0 Å². The Morgan fingerprint density at radius 3 is 2.32 bits per heavy atom. The van der Waals surface area contributed by atoms with E-state index in [2.05, 4.69) is 30.7 Å². The van der Waals surface area contributed by atoms with E-state index in [1.54, 1.807) is 6.33 Å². The summed E-state index contributed by atoms with van der Waals surface area (Å²) in [7, 11) is 0. The molecule has 0 aliphatic carbocycles. The van der Waals surface area contributed by atoms with Crippen LogP contribution in [0, 0.1) is 18.8 Å². The summed E-state index contributed by atoms with van der Waals surface area (Å²) >= 11 is 0. The van der Waals surface area contributed by atoms with Gasteiger partial charge in [0, 0.05) is 51.0 Å². The number of aryl methyl sites for hydroxylation is 1. The van der Waals surface area contributed by atoms with Gasteiger partial charge in [0.2, 0.25) is 0 Å².